The lowest BCUT2D eigenvalue weighted by Crippen LogP contribution is -2.09. The summed E-state index contributed by atoms with van der Waals surface area (Å²) in [7, 11) is -3.45. The summed E-state index contributed by atoms with van der Waals surface area (Å²) in [6, 6.07) is 18.1. The maximum Gasteiger partial charge on any atom is 0.343 e. The number of halogens is 1. The van der Waals surface area contributed by atoms with Crippen LogP contribution >= 0.6 is 11.6 Å². The number of aryl methyl sites for hydroxylation is 2. The molecule has 6 heteroatoms. The molecule has 0 unspecified atom stereocenters. The first kappa shape index (κ1) is 20.1. The molecule has 4 nitrogen and oxygen atoms in total. The Labute approximate surface area is 169 Å². The first-order chi connectivity index (χ1) is 13.2. The summed E-state index contributed by atoms with van der Waals surface area (Å²) in [6.07, 6.45) is 0. The Kier molecular flexibility index (Phi) is 5.87. The lowest BCUT2D eigenvalue weighted by molar-refractivity contribution is 0.0734. The van der Waals surface area contributed by atoms with Crippen LogP contribution in [0.4, 0.5) is 0 Å². The van der Waals surface area contributed by atoms with Gasteiger partial charge in [0.1, 0.15) is 5.75 Å². The van der Waals surface area contributed by atoms with Gasteiger partial charge in [-0.15, -0.1) is 0 Å². The van der Waals surface area contributed by atoms with Crippen molar-refractivity contribution in [3.63, 3.8) is 0 Å². The Hall–Kier alpha value is -2.63. The minimum absolute atomic E-state index is 0.137. The van der Waals surface area contributed by atoms with Gasteiger partial charge in [-0.1, -0.05) is 41.4 Å². The van der Waals surface area contributed by atoms with Crippen LogP contribution in [-0.2, 0) is 15.6 Å². The molecule has 0 heterocycles. The molecule has 0 fully saturated rings. The maximum absolute atomic E-state index is 12.5. The van der Waals surface area contributed by atoms with E-state index in [1.54, 1.807) is 66.7 Å². The first-order valence-electron chi connectivity index (χ1n) is 8.61. The second kappa shape index (κ2) is 8.17. The van der Waals surface area contributed by atoms with Gasteiger partial charge in [-0.3, -0.25) is 0 Å². The van der Waals surface area contributed by atoms with Gasteiger partial charge in [0.15, 0.2) is 9.84 Å². The highest BCUT2D eigenvalue weighted by Gasteiger charge is 2.16. The van der Waals surface area contributed by atoms with Crippen LogP contribution in [0.3, 0.4) is 0 Å². The normalized spacial score (nSPS) is 11.2. The Bertz CT molecular complexity index is 1100. The molecule has 0 amide bonds. The number of hydrogen-bond donors (Lipinski definition) is 0. The Morgan fingerprint density at radius 2 is 1.57 bits per heavy atom. The fourth-order valence-electron chi connectivity index (χ4n) is 2.63. The van der Waals surface area contributed by atoms with Crippen molar-refractivity contribution in [1.82, 2.24) is 0 Å². The van der Waals surface area contributed by atoms with Crippen molar-refractivity contribution in [1.29, 1.82) is 0 Å². The van der Waals surface area contributed by atoms with E-state index in [1.807, 2.05) is 13.8 Å². The summed E-state index contributed by atoms with van der Waals surface area (Å²) in [5, 5.41) is 0.596. The van der Waals surface area contributed by atoms with Crippen LogP contribution in [-0.4, -0.2) is 14.4 Å². The van der Waals surface area contributed by atoms with Crippen molar-refractivity contribution in [2.45, 2.75) is 24.5 Å². The van der Waals surface area contributed by atoms with Crippen LogP contribution in [0.2, 0.25) is 5.02 Å². The molecular formula is C22H19ClO4S. The van der Waals surface area contributed by atoms with E-state index in [2.05, 4.69) is 0 Å². The lowest BCUT2D eigenvalue weighted by Gasteiger charge is -2.08. The van der Waals surface area contributed by atoms with E-state index in [-0.39, 0.29) is 10.6 Å². The SMILES string of the molecule is Cc1ccc(S(=O)(=O)Cc2ccc(C(=O)Oc3ccc(Cl)c(C)c3)cc2)cc1. The summed E-state index contributed by atoms with van der Waals surface area (Å²) in [6.45, 7) is 3.72. The number of sulfone groups is 1. The number of benzene rings is 3. The number of ether oxygens (including phenoxy) is 1. The van der Waals surface area contributed by atoms with E-state index in [0.29, 0.717) is 21.9 Å². The summed E-state index contributed by atoms with van der Waals surface area (Å²) in [4.78, 5) is 12.6. The quantitative estimate of drug-likeness (QED) is 0.428. The fourth-order valence-corrected chi connectivity index (χ4v) is 4.10. The molecule has 0 bridgehead atoms. The third-order valence-corrected chi connectivity index (χ3v) is 6.39. The molecule has 0 radical (unpaired) electrons. The number of hydrogen-bond acceptors (Lipinski definition) is 4. The van der Waals surface area contributed by atoms with Crippen molar-refractivity contribution < 1.29 is 17.9 Å². The lowest BCUT2D eigenvalue weighted by atomic mass is 10.1. The molecule has 0 saturated carbocycles. The summed E-state index contributed by atoms with van der Waals surface area (Å²) in [5.41, 5.74) is 2.74. The van der Waals surface area contributed by atoms with Gasteiger partial charge in [0, 0.05) is 5.02 Å². The Balaban J connectivity index is 1.71. The van der Waals surface area contributed by atoms with Gasteiger partial charge in [-0.05, 0) is 67.4 Å². The van der Waals surface area contributed by atoms with Crippen molar-refractivity contribution in [3.8, 4) is 5.75 Å². The number of esters is 1. The summed E-state index contributed by atoms with van der Waals surface area (Å²) >= 11 is 5.97. The van der Waals surface area contributed by atoms with Crippen LogP contribution in [0.1, 0.15) is 27.0 Å². The molecule has 28 heavy (non-hydrogen) atoms. The molecule has 3 rings (SSSR count). The summed E-state index contributed by atoms with van der Waals surface area (Å²) < 4.78 is 30.4. The molecule has 144 valence electrons. The molecule has 0 aliphatic rings. The first-order valence-corrected chi connectivity index (χ1v) is 10.6. The predicted octanol–water partition coefficient (Wildman–Crippen LogP) is 5.15. The highest BCUT2D eigenvalue weighted by molar-refractivity contribution is 7.90. The van der Waals surface area contributed by atoms with E-state index < -0.39 is 15.8 Å². The molecule has 0 aromatic heterocycles. The highest BCUT2D eigenvalue weighted by atomic mass is 35.5. The zero-order chi connectivity index (χ0) is 20.3. The minimum Gasteiger partial charge on any atom is -0.423 e. The molecule has 0 aliphatic heterocycles. The molecule has 3 aromatic rings. The maximum atomic E-state index is 12.5. The van der Waals surface area contributed by atoms with E-state index in [1.165, 1.54) is 0 Å². The van der Waals surface area contributed by atoms with Crippen molar-refractivity contribution >= 4 is 27.4 Å². The molecule has 0 N–H and O–H groups in total. The van der Waals surface area contributed by atoms with Crippen molar-refractivity contribution in [2.75, 3.05) is 0 Å². The van der Waals surface area contributed by atoms with Crippen LogP contribution in [0.25, 0.3) is 0 Å². The third-order valence-electron chi connectivity index (χ3n) is 4.27. The van der Waals surface area contributed by atoms with Crippen LogP contribution in [0.15, 0.2) is 71.6 Å². The Morgan fingerprint density at radius 1 is 0.929 bits per heavy atom. The molecule has 0 spiro atoms. The van der Waals surface area contributed by atoms with Gasteiger partial charge in [-0.2, -0.15) is 0 Å². The number of carbonyl (C=O) groups excluding carboxylic acids is 1. The average molecular weight is 415 g/mol. The van der Waals surface area contributed by atoms with Gasteiger partial charge in [-0.25, -0.2) is 13.2 Å². The topological polar surface area (TPSA) is 60.4 Å². The van der Waals surface area contributed by atoms with Gasteiger partial charge >= 0.3 is 5.97 Å². The number of rotatable bonds is 5. The Morgan fingerprint density at radius 3 is 2.18 bits per heavy atom. The molecule has 0 saturated heterocycles. The standard InChI is InChI=1S/C22H19ClO4S/c1-15-3-10-20(11-4-15)28(25,26)14-17-5-7-18(8-6-17)22(24)27-19-9-12-21(23)16(2)13-19/h3-13H,14H2,1-2H3. The van der Waals surface area contributed by atoms with Gasteiger partial charge in [0.2, 0.25) is 0 Å². The molecule has 0 atom stereocenters. The van der Waals surface area contributed by atoms with Crippen molar-refractivity contribution in [3.05, 3.63) is 94.0 Å². The number of carbonyl (C=O) groups is 1. The van der Waals surface area contributed by atoms with Gasteiger partial charge in [0.05, 0.1) is 16.2 Å². The minimum atomic E-state index is -3.45. The van der Waals surface area contributed by atoms with E-state index in [4.69, 9.17) is 16.3 Å². The zero-order valence-corrected chi connectivity index (χ0v) is 17.0. The second-order valence-corrected chi connectivity index (χ2v) is 8.97. The molecule has 3 aromatic carbocycles. The second-order valence-electron chi connectivity index (χ2n) is 6.57. The molecular weight excluding hydrogens is 396 g/mol. The van der Waals surface area contributed by atoms with Gasteiger partial charge in [0.25, 0.3) is 0 Å². The smallest absolute Gasteiger partial charge is 0.343 e. The van der Waals surface area contributed by atoms with Crippen LogP contribution in [0, 0.1) is 13.8 Å². The van der Waals surface area contributed by atoms with E-state index in [0.717, 1.165) is 11.1 Å². The third kappa shape index (κ3) is 4.80. The summed E-state index contributed by atoms with van der Waals surface area (Å²) in [5.74, 6) is -0.255. The van der Waals surface area contributed by atoms with Crippen LogP contribution < -0.4 is 4.74 Å². The van der Waals surface area contributed by atoms with E-state index >= 15 is 0 Å². The van der Waals surface area contributed by atoms with Crippen LogP contribution in [0.5, 0.6) is 5.75 Å². The highest BCUT2D eigenvalue weighted by Crippen LogP contribution is 2.22. The largest absolute Gasteiger partial charge is 0.423 e. The van der Waals surface area contributed by atoms with Crippen molar-refractivity contribution in [2.24, 2.45) is 0 Å². The molecule has 0 aliphatic carbocycles. The monoisotopic (exact) mass is 414 g/mol. The zero-order valence-electron chi connectivity index (χ0n) is 15.5. The predicted molar refractivity (Wildman–Crippen MR) is 110 cm³/mol. The fraction of sp³-hybridized carbons (Fsp3) is 0.136. The van der Waals surface area contributed by atoms with E-state index in [9.17, 15) is 13.2 Å². The van der Waals surface area contributed by atoms with Gasteiger partial charge < -0.3 is 4.74 Å². The average Bonchev–Trinajstić information content (AvgIpc) is 2.65.